The van der Waals surface area contributed by atoms with Crippen molar-refractivity contribution in [3.8, 4) is 0 Å². The van der Waals surface area contributed by atoms with Crippen LogP contribution in [0.1, 0.15) is 39.5 Å². The first-order valence-electron chi connectivity index (χ1n) is 7.49. The molecule has 1 aliphatic rings. The molecule has 0 radical (unpaired) electrons. The molecule has 4 nitrogen and oxygen atoms in total. The highest BCUT2D eigenvalue weighted by Crippen LogP contribution is 2.27. The van der Waals surface area contributed by atoms with E-state index in [1.807, 2.05) is 11.9 Å². The largest absolute Gasteiger partial charge is 0.396 e. The van der Waals surface area contributed by atoms with Gasteiger partial charge < -0.3 is 14.9 Å². The van der Waals surface area contributed by atoms with Crippen LogP contribution < -0.4 is 0 Å². The molecule has 1 rings (SSSR count). The first-order chi connectivity index (χ1) is 8.96. The highest BCUT2D eigenvalue weighted by atomic mass is 16.3. The fraction of sp³-hybridized carbons (Fsp3) is 0.933. The lowest BCUT2D eigenvalue weighted by molar-refractivity contribution is -0.133. The van der Waals surface area contributed by atoms with Gasteiger partial charge in [-0.25, -0.2) is 0 Å². The van der Waals surface area contributed by atoms with Crippen LogP contribution in [0.15, 0.2) is 0 Å². The van der Waals surface area contributed by atoms with Gasteiger partial charge in [-0.05, 0) is 32.2 Å². The zero-order chi connectivity index (χ0) is 14.5. The van der Waals surface area contributed by atoms with E-state index in [9.17, 15) is 9.90 Å². The molecule has 1 N–H and O–H groups in total. The summed E-state index contributed by atoms with van der Waals surface area (Å²) in [6.07, 6.45) is 3.69. The van der Waals surface area contributed by atoms with Gasteiger partial charge in [0.25, 0.3) is 0 Å². The van der Waals surface area contributed by atoms with Crippen molar-refractivity contribution < 1.29 is 9.90 Å². The maximum atomic E-state index is 11.5. The summed E-state index contributed by atoms with van der Waals surface area (Å²) in [6.45, 7) is 7.38. The molecule has 0 bridgehead atoms. The van der Waals surface area contributed by atoms with Crippen LogP contribution in [0.5, 0.6) is 0 Å². The fourth-order valence-electron chi connectivity index (χ4n) is 3.07. The van der Waals surface area contributed by atoms with Crippen molar-refractivity contribution in [1.29, 1.82) is 0 Å². The van der Waals surface area contributed by atoms with Crippen molar-refractivity contribution >= 4 is 5.91 Å². The third-order valence-corrected chi connectivity index (χ3v) is 4.73. The predicted octanol–water partition coefficient (Wildman–Crippen LogP) is 1.59. The normalized spacial score (nSPS) is 21.3. The molecule has 0 aromatic carbocycles. The van der Waals surface area contributed by atoms with Crippen LogP contribution >= 0.6 is 0 Å². The maximum Gasteiger partial charge on any atom is 0.222 e. The molecule has 4 heteroatoms. The summed E-state index contributed by atoms with van der Waals surface area (Å²) in [5.74, 6) is 0.837. The first-order valence-corrected chi connectivity index (χ1v) is 7.49. The van der Waals surface area contributed by atoms with Crippen molar-refractivity contribution in [3.63, 3.8) is 0 Å². The number of aliphatic hydroxyl groups excluding tert-OH is 1. The van der Waals surface area contributed by atoms with Crippen LogP contribution in [0.2, 0.25) is 0 Å². The van der Waals surface area contributed by atoms with E-state index >= 15 is 0 Å². The van der Waals surface area contributed by atoms with E-state index in [2.05, 4.69) is 25.8 Å². The smallest absolute Gasteiger partial charge is 0.222 e. The number of amides is 1. The Morgan fingerprint density at radius 1 is 1.42 bits per heavy atom. The van der Waals surface area contributed by atoms with E-state index in [-0.39, 0.29) is 17.9 Å². The summed E-state index contributed by atoms with van der Waals surface area (Å²) < 4.78 is 0. The topological polar surface area (TPSA) is 43.8 Å². The molecule has 1 amide bonds. The minimum absolute atomic E-state index is 0.0329. The Bertz CT molecular complexity index is 282. The number of carbonyl (C=O) groups is 1. The van der Waals surface area contributed by atoms with Gasteiger partial charge >= 0.3 is 0 Å². The molecule has 0 aliphatic carbocycles. The highest BCUT2D eigenvalue weighted by Gasteiger charge is 2.29. The molecular formula is C15H30N2O2. The fourth-order valence-corrected chi connectivity index (χ4v) is 3.07. The van der Waals surface area contributed by atoms with Crippen LogP contribution in [-0.2, 0) is 4.79 Å². The molecular weight excluding hydrogens is 240 g/mol. The maximum absolute atomic E-state index is 11.5. The third-order valence-electron chi connectivity index (χ3n) is 4.73. The second kappa shape index (κ2) is 7.25. The predicted molar refractivity (Wildman–Crippen MR) is 78.0 cm³/mol. The van der Waals surface area contributed by atoms with Gasteiger partial charge in [0.1, 0.15) is 0 Å². The number of rotatable bonds is 7. The number of likely N-dealkylation sites (tertiary alicyclic amines) is 1. The van der Waals surface area contributed by atoms with Gasteiger partial charge in [0.15, 0.2) is 0 Å². The lowest BCUT2D eigenvalue weighted by atomic mass is 9.82. The van der Waals surface area contributed by atoms with E-state index in [0.717, 1.165) is 38.9 Å². The van der Waals surface area contributed by atoms with Gasteiger partial charge in [0.2, 0.25) is 5.91 Å². The molecule has 1 aliphatic heterocycles. The average molecular weight is 270 g/mol. The Kier molecular flexibility index (Phi) is 6.27. The van der Waals surface area contributed by atoms with Crippen LogP contribution in [0, 0.1) is 11.3 Å². The van der Waals surface area contributed by atoms with E-state index in [0.29, 0.717) is 12.3 Å². The molecule has 1 unspecified atom stereocenters. The molecule has 1 fully saturated rings. The Morgan fingerprint density at radius 3 is 2.53 bits per heavy atom. The number of aliphatic hydroxyl groups is 1. The van der Waals surface area contributed by atoms with E-state index in [1.54, 1.807) is 0 Å². The van der Waals surface area contributed by atoms with Crippen LogP contribution in [0.4, 0.5) is 0 Å². The molecule has 1 saturated heterocycles. The summed E-state index contributed by atoms with van der Waals surface area (Å²) in [4.78, 5) is 15.7. The van der Waals surface area contributed by atoms with Crippen molar-refractivity contribution in [3.05, 3.63) is 0 Å². The van der Waals surface area contributed by atoms with Crippen LogP contribution in [0.25, 0.3) is 0 Å². The number of nitrogens with zero attached hydrogens (tertiary/aromatic N) is 2. The Morgan fingerprint density at radius 2 is 2.05 bits per heavy atom. The zero-order valence-electron chi connectivity index (χ0n) is 13.0. The minimum atomic E-state index is 0.0329. The summed E-state index contributed by atoms with van der Waals surface area (Å²) in [5, 5.41) is 9.63. The number of carbonyl (C=O) groups excluding carboxylic acids is 1. The molecule has 1 atom stereocenters. The summed E-state index contributed by atoms with van der Waals surface area (Å²) >= 11 is 0. The molecule has 19 heavy (non-hydrogen) atoms. The Hall–Kier alpha value is -0.610. The van der Waals surface area contributed by atoms with E-state index < -0.39 is 0 Å². The second-order valence-corrected chi connectivity index (χ2v) is 6.24. The van der Waals surface area contributed by atoms with Gasteiger partial charge in [0, 0.05) is 45.1 Å². The lowest BCUT2D eigenvalue weighted by Gasteiger charge is -2.37. The lowest BCUT2D eigenvalue weighted by Crippen LogP contribution is -2.44. The van der Waals surface area contributed by atoms with Crippen molar-refractivity contribution in [2.75, 3.05) is 40.3 Å². The number of piperidine rings is 1. The molecule has 0 aromatic rings. The molecule has 0 saturated carbocycles. The summed E-state index contributed by atoms with van der Waals surface area (Å²) in [7, 11) is 4.02. The second-order valence-electron chi connectivity index (χ2n) is 6.24. The average Bonchev–Trinajstić information content (AvgIpc) is 2.40. The SMILES string of the molecule is CCC(CC)(CO)CN(C)CC1CCC(=O)N(C)C1. The molecule has 112 valence electrons. The summed E-state index contributed by atoms with van der Waals surface area (Å²) in [6, 6.07) is 0. The highest BCUT2D eigenvalue weighted by molar-refractivity contribution is 5.76. The van der Waals surface area contributed by atoms with E-state index in [4.69, 9.17) is 0 Å². The van der Waals surface area contributed by atoms with Crippen molar-refractivity contribution in [2.45, 2.75) is 39.5 Å². The van der Waals surface area contributed by atoms with Gasteiger partial charge in [0.05, 0.1) is 0 Å². The van der Waals surface area contributed by atoms with Crippen LogP contribution in [-0.4, -0.2) is 61.2 Å². The molecule has 0 spiro atoms. The Balaban J connectivity index is 2.46. The quantitative estimate of drug-likeness (QED) is 0.764. The Labute approximate surface area is 117 Å². The zero-order valence-corrected chi connectivity index (χ0v) is 13.0. The first kappa shape index (κ1) is 16.4. The number of hydrogen-bond acceptors (Lipinski definition) is 3. The molecule has 1 heterocycles. The molecule has 0 aromatic heterocycles. The van der Waals surface area contributed by atoms with E-state index in [1.165, 1.54) is 0 Å². The standard InChI is InChI=1S/C15H30N2O2/c1-5-15(6-2,12-18)11-16(3)9-13-7-8-14(19)17(4)10-13/h13,18H,5-12H2,1-4H3. The third kappa shape index (κ3) is 4.46. The monoisotopic (exact) mass is 270 g/mol. The van der Waals surface area contributed by atoms with Crippen LogP contribution in [0.3, 0.4) is 0 Å². The minimum Gasteiger partial charge on any atom is -0.396 e. The van der Waals surface area contributed by atoms with Gasteiger partial charge in [-0.15, -0.1) is 0 Å². The van der Waals surface area contributed by atoms with Crippen molar-refractivity contribution in [1.82, 2.24) is 9.80 Å². The van der Waals surface area contributed by atoms with Gasteiger partial charge in [-0.2, -0.15) is 0 Å². The van der Waals surface area contributed by atoms with Gasteiger partial charge in [-0.3, -0.25) is 4.79 Å². The summed E-state index contributed by atoms with van der Waals surface area (Å²) in [5.41, 5.74) is 0.0329. The number of hydrogen-bond donors (Lipinski definition) is 1. The van der Waals surface area contributed by atoms with Crippen molar-refractivity contribution in [2.24, 2.45) is 11.3 Å². The van der Waals surface area contributed by atoms with Gasteiger partial charge in [-0.1, -0.05) is 13.8 Å².